The van der Waals surface area contributed by atoms with Crippen LogP contribution >= 0.6 is 22.6 Å². The van der Waals surface area contributed by atoms with Gasteiger partial charge in [0.05, 0.1) is 34.1 Å². The second-order valence-electron chi connectivity index (χ2n) is 9.26. The third kappa shape index (κ3) is 6.43. The number of benzene rings is 3. The largest absolute Gasteiger partial charge is 0.457 e. The molecule has 0 aliphatic carbocycles. The first kappa shape index (κ1) is 36.4. The maximum Gasteiger partial charge on any atom is 0.457 e. The molecule has 3 rings (SSSR count). The zero-order valence-corrected chi connectivity index (χ0v) is 24.4. The number of nitriles is 1. The van der Waals surface area contributed by atoms with E-state index in [4.69, 9.17) is 5.26 Å². The van der Waals surface area contributed by atoms with Crippen LogP contribution in [0.3, 0.4) is 0 Å². The predicted octanol–water partition coefficient (Wildman–Crippen LogP) is 8.77. The number of nitrogens with one attached hydrogen (secondary N) is 1. The molecule has 46 heavy (non-hydrogen) atoms. The molecule has 1 atom stereocenters. The third-order valence-electron chi connectivity index (χ3n) is 6.34. The Balaban J connectivity index is 2.12. The fourth-order valence-corrected chi connectivity index (χ4v) is 4.80. The first-order valence-electron chi connectivity index (χ1n) is 11.9. The molecule has 0 heterocycles. The van der Waals surface area contributed by atoms with Gasteiger partial charge >= 0.3 is 30.1 Å². The maximum atomic E-state index is 15.4. The van der Waals surface area contributed by atoms with Crippen molar-refractivity contribution in [3.8, 4) is 6.07 Å². The van der Waals surface area contributed by atoms with Gasteiger partial charge in [0.25, 0.3) is 11.8 Å². The molecule has 0 aliphatic rings. The highest BCUT2D eigenvalue weighted by Gasteiger charge is 2.82. The number of halogens is 14. The molecular formula is C27H13F13IN3O2. The predicted molar refractivity (Wildman–Crippen MR) is 142 cm³/mol. The minimum absolute atomic E-state index is 0.0521. The maximum absolute atomic E-state index is 15.4. The summed E-state index contributed by atoms with van der Waals surface area (Å²) < 4.78 is 178. The highest BCUT2D eigenvalue weighted by atomic mass is 127. The van der Waals surface area contributed by atoms with Gasteiger partial charge in [-0.15, -0.1) is 0 Å². The summed E-state index contributed by atoms with van der Waals surface area (Å²) in [5, 5.41) is 10.5. The van der Waals surface area contributed by atoms with Crippen molar-refractivity contribution in [2.45, 2.75) is 30.1 Å². The Bertz CT molecular complexity index is 1730. The Morgan fingerprint density at radius 1 is 0.848 bits per heavy atom. The molecule has 0 bridgehead atoms. The molecule has 0 fully saturated rings. The van der Waals surface area contributed by atoms with Crippen molar-refractivity contribution in [2.24, 2.45) is 0 Å². The summed E-state index contributed by atoms with van der Waals surface area (Å²) in [4.78, 5) is 26.4. The lowest BCUT2D eigenvalue weighted by Gasteiger charge is -2.36. The van der Waals surface area contributed by atoms with E-state index >= 15 is 4.39 Å². The summed E-state index contributed by atoms with van der Waals surface area (Å²) in [6.45, 7) is 0. The standard InChI is InChI=1S/C27H13F13IN3O2/c1-44(22(46)13-5-2-4-12(8-13)11-42)18-7-3-6-15(19(18)28)21(45)43-20-16(24(30,31)32)9-14(10-17(20)41)23(29,26(35,36)37)25(33,34)27(38,39)40/h2-10H,1H3,(H,43,45). The van der Waals surface area contributed by atoms with Crippen LogP contribution in [-0.4, -0.2) is 37.1 Å². The van der Waals surface area contributed by atoms with E-state index in [2.05, 4.69) is 0 Å². The van der Waals surface area contributed by atoms with Crippen LogP contribution in [0.2, 0.25) is 0 Å². The highest BCUT2D eigenvalue weighted by molar-refractivity contribution is 14.1. The van der Waals surface area contributed by atoms with Crippen LogP contribution in [0.4, 0.5) is 68.5 Å². The van der Waals surface area contributed by atoms with E-state index in [-0.39, 0.29) is 11.1 Å². The Morgan fingerprint density at radius 2 is 1.43 bits per heavy atom. The fourth-order valence-electron chi connectivity index (χ4n) is 4.03. The smallest absolute Gasteiger partial charge is 0.320 e. The van der Waals surface area contributed by atoms with Crippen molar-refractivity contribution in [2.75, 3.05) is 17.3 Å². The van der Waals surface area contributed by atoms with Gasteiger partial charge in [0.1, 0.15) is 0 Å². The molecule has 1 unspecified atom stereocenters. The number of nitrogens with zero attached hydrogens (tertiary/aromatic N) is 2. The van der Waals surface area contributed by atoms with E-state index in [0.717, 1.165) is 47.8 Å². The van der Waals surface area contributed by atoms with Crippen molar-refractivity contribution in [1.82, 2.24) is 0 Å². The second-order valence-corrected chi connectivity index (χ2v) is 10.4. The van der Waals surface area contributed by atoms with Crippen molar-refractivity contribution in [3.05, 3.63) is 91.8 Å². The van der Waals surface area contributed by atoms with E-state index in [9.17, 15) is 62.3 Å². The highest BCUT2D eigenvalue weighted by Crippen LogP contribution is 2.59. The third-order valence-corrected chi connectivity index (χ3v) is 7.19. The minimum atomic E-state index is -7.28. The molecule has 0 spiro atoms. The van der Waals surface area contributed by atoms with Crippen molar-refractivity contribution in [1.29, 1.82) is 5.26 Å². The van der Waals surface area contributed by atoms with E-state index in [1.165, 1.54) is 23.5 Å². The number of rotatable bonds is 6. The number of carbonyl (C=O) groups excluding carboxylic acids is 2. The minimum Gasteiger partial charge on any atom is -0.320 e. The van der Waals surface area contributed by atoms with Gasteiger partial charge in [-0.2, -0.15) is 53.6 Å². The molecule has 19 heteroatoms. The number of hydrogen-bond acceptors (Lipinski definition) is 3. The molecule has 3 aromatic rings. The Labute approximate surface area is 262 Å². The van der Waals surface area contributed by atoms with Gasteiger partial charge in [-0.25, -0.2) is 8.78 Å². The van der Waals surface area contributed by atoms with Crippen LogP contribution in [0.15, 0.2) is 54.6 Å². The molecule has 246 valence electrons. The summed E-state index contributed by atoms with van der Waals surface area (Å²) >= 11 is 0.724. The van der Waals surface area contributed by atoms with Gasteiger partial charge in [0.15, 0.2) is 5.82 Å². The number of amides is 2. The van der Waals surface area contributed by atoms with Gasteiger partial charge in [0.2, 0.25) is 0 Å². The molecule has 0 radical (unpaired) electrons. The Morgan fingerprint density at radius 3 is 1.96 bits per heavy atom. The SMILES string of the molecule is CN(C(=O)c1cccc(C#N)c1)c1cccc(C(=O)Nc2c(I)cc(C(F)(C(F)(F)F)C(F)(F)C(F)(F)F)cc2C(F)(F)F)c1F. The van der Waals surface area contributed by atoms with Crippen molar-refractivity contribution >= 4 is 45.8 Å². The zero-order chi connectivity index (χ0) is 35.2. The lowest BCUT2D eigenvalue weighted by molar-refractivity contribution is -0.389. The monoisotopic (exact) mass is 785 g/mol. The zero-order valence-electron chi connectivity index (χ0n) is 22.2. The number of carbonyl (C=O) groups is 2. The summed E-state index contributed by atoms with van der Waals surface area (Å²) in [6.07, 6.45) is -20.2. The Hall–Kier alpha value is -4.09. The van der Waals surface area contributed by atoms with Gasteiger partial charge in [-0.1, -0.05) is 12.1 Å². The van der Waals surface area contributed by atoms with Crippen LogP contribution < -0.4 is 10.2 Å². The average molecular weight is 785 g/mol. The number of hydrogen-bond donors (Lipinski definition) is 1. The molecule has 5 nitrogen and oxygen atoms in total. The first-order valence-corrected chi connectivity index (χ1v) is 13.0. The molecule has 3 aromatic carbocycles. The summed E-state index contributed by atoms with van der Waals surface area (Å²) in [6, 6.07) is 8.12. The molecule has 0 saturated carbocycles. The topological polar surface area (TPSA) is 73.2 Å². The van der Waals surface area contributed by atoms with Gasteiger partial charge in [-0.05, 0) is 65.1 Å². The number of alkyl halides is 12. The lowest BCUT2D eigenvalue weighted by atomic mass is 9.86. The van der Waals surface area contributed by atoms with E-state index in [1.54, 1.807) is 6.07 Å². The van der Waals surface area contributed by atoms with E-state index < -0.39 is 91.5 Å². The average Bonchev–Trinajstić information content (AvgIpc) is 2.95. The van der Waals surface area contributed by atoms with Crippen molar-refractivity contribution in [3.63, 3.8) is 0 Å². The Kier molecular flexibility index (Phi) is 9.69. The van der Waals surface area contributed by atoms with Gasteiger partial charge < -0.3 is 10.2 Å². The van der Waals surface area contributed by atoms with E-state index in [1.807, 2.05) is 0 Å². The molecular weight excluding hydrogens is 772 g/mol. The number of anilines is 2. The summed E-state index contributed by atoms with van der Waals surface area (Å²) in [5.74, 6) is -11.5. The van der Waals surface area contributed by atoms with Crippen LogP contribution in [0.25, 0.3) is 0 Å². The van der Waals surface area contributed by atoms with Gasteiger partial charge in [0, 0.05) is 21.7 Å². The van der Waals surface area contributed by atoms with Crippen LogP contribution in [0.1, 0.15) is 37.4 Å². The van der Waals surface area contributed by atoms with Crippen LogP contribution in [-0.2, 0) is 11.8 Å². The van der Waals surface area contributed by atoms with Crippen LogP contribution in [0, 0.1) is 20.7 Å². The molecule has 2 amide bonds. The molecule has 0 saturated heterocycles. The summed E-state index contributed by atoms with van der Waals surface area (Å²) in [5.41, 5.74) is -15.3. The first-order chi connectivity index (χ1) is 20.9. The summed E-state index contributed by atoms with van der Waals surface area (Å²) in [7, 11) is 1.03. The lowest BCUT2D eigenvalue weighted by Crippen LogP contribution is -2.59. The quantitative estimate of drug-likeness (QED) is 0.201. The molecule has 0 aliphatic heterocycles. The van der Waals surface area contributed by atoms with Crippen molar-refractivity contribution < 1.29 is 66.7 Å². The second kappa shape index (κ2) is 12.3. The molecule has 0 aromatic heterocycles. The van der Waals surface area contributed by atoms with Crippen LogP contribution in [0.5, 0.6) is 0 Å². The molecule has 1 N–H and O–H groups in total. The van der Waals surface area contributed by atoms with Gasteiger partial charge in [-0.3, -0.25) is 9.59 Å². The fraction of sp³-hybridized carbons (Fsp3) is 0.222. The normalized spacial score (nSPS) is 13.9. The van der Waals surface area contributed by atoms with E-state index in [0.29, 0.717) is 11.0 Å².